The van der Waals surface area contributed by atoms with Crippen LogP contribution in [0, 0.1) is 10.1 Å². The lowest BCUT2D eigenvalue weighted by Crippen LogP contribution is -2.31. The van der Waals surface area contributed by atoms with Crippen LogP contribution in [0.2, 0.25) is 0 Å². The number of benzene rings is 1. The van der Waals surface area contributed by atoms with Crippen molar-refractivity contribution in [1.82, 2.24) is 4.90 Å². The first kappa shape index (κ1) is 13.3. The largest absolute Gasteiger partial charge is 0.490 e. The quantitative estimate of drug-likeness (QED) is 0.643. The Hall–Kier alpha value is -2.15. The van der Waals surface area contributed by atoms with E-state index in [4.69, 9.17) is 10.5 Å². The van der Waals surface area contributed by atoms with Gasteiger partial charge in [0.25, 0.3) is 5.91 Å². The van der Waals surface area contributed by atoms with E-state index in [2.05, 4.69) is 0 Å². The predicted octanol–water partition coefficient (Wildman–Crippen LogP) is 0.777. The average molecular weight is 265 g/mol. The highest BCUT2D eigenvalue weighted by Crippen LogP contribution is 2.28. The first-order chi connectivity index (χ1) is 9.02. The molecule has 102 valence electrons. The van der Waals surface area contributed by atoms with Crippen molar-refractivity contribution in [2.24, 2.45) is 5.73 Å². The second-order valence-corrected chi connectivity index (χ2v) is 4.44. The molecule has 2 N–H and O–H groups in total. The van der Waals surface area contributed by atoms with E-state index in [-0.39, 0.29) is 23.4 Å². The van der Waals surface area contributed by atoms with Crippen LogP contribution in [-0.4, -0.2) is 42.0 Å². The summed E-state index contributed by atoms with van der Waals surface area (Å²) in [7, 11) is 1.34. The molecule has 1 atom stereocenters. The molecule has 0 saturated carbocycles. The van der Waals surface area contributed by atoms with Gasteiger partial charge >= 0.3 is 5.69 Å². The zero-order chi connectivity index (χ0) is 14.0. The minimum absolute atomic E-state index is 0.00361. The Kier molecular flexibility index (Phi) is 3.66. The van der Waals surface area contributed by atoms with Crippen molar-refractivity contribution in [3.8, 4) is 5.75 Å². The predicted molar refractivity (Wildman–Crippen MR) is 68.1 cm³/mol. The number of carbonyl (C=O) groups is 1. The van der Waals surface area contributed by atoms with Crippen LogP contribution in [0.5, 0.6) is 5.75 Å². The van der Waals surface area contributed by atoms with Crippen LogP contribution in [0.4, 0.5) is 5.69 Å². The number of hydrogen-bond donors (Lipinski definition) is 1. The standard InChI is InChI=1S/C12H15N3O4/c1-19-11-6-8(2-3-10(11)15(17)18)12(16)14-5-4-9(13)7-14/h2-3,6,9H,4-5,7,13H2,1H3/t9-/m1/s1. The minimum Gasteiger partial charge on any atom is -0.490 e. The molecule has 0 spiro atoms. The number of ether oxygens (including phenoxy) is 1. The van der Waals surface area contributed by atoms with Gasteiger partial charge in [-0.25, -0.2) is 0 Å². The SMILES string of the molecule is COc1cc(C(=O)N2CC[C@@H](N)C2)ccc1[N+](=O)[O-]. The van der Waals surface area contributed by atoms with Crippen molar-refractivity contribution >= 4 is 11.6 Å². The van der Waals surface area contributed by atoms with Gasteiger partial charge in [-0.2, -0.15) is 0 Å². The van der Waals surface area contributed by atoms with Crippen LogP contribution in [0.25, 0.3) is 0 Å². The van der Waals surface area contributed by atoms with Crippen molar-refractivity contribution in [2.45, 2.75) is 12.5 Å². The Morgan fingerprint density at radius 1 is 1.58 bits per heavy atom. The topological polar surface area (TPSA) is 98.7 Å². The van der Waals surface area contributed by atoms with Crippen molar-refractivity contribution in [2.75, 3.05) is 20.2 Å². The van der Waals surface area contributed by atoms with Gasteiger partial charge in [0.2, 0.25) is 0 Å². The summed E-state index contributed by atoms with van der Waals surface area (Å²) in [5.41, 5.74) is 5.97. The number of methoxy groups -OCH3 is 1. The van der Waals surface area contributed by atoms with Crippen LogP contribution in [0.1, 0.15) is 16.8 Å². The summed E-state index contributed by atoms with van der Waals surface area (Å²) in [6.45, 7) is 1.12. The van der Waals surface area contributed by atoms with Gasteiger partial charge in [0.15, 0.2) is 5.75 Å². The zero-order valence-corrected chi connectivity index (χ0v) is 10.5. The van der Waals surface area contributed by atoms with Crippen LogP contribution < -0.4 is 10.5 Å². The number of nitro benzene ring substituents is 1. The second kappa shape index (κ2) is 5.23. The summed E-state index contributed by atoms with van der Waals surface area (Å²) in [4.78, 5) is 24.1. The Morgan fingerprint density at radius 3 is 2.84 bits per heavy atom. The van der Waals surface area contributed by atoms with Gasteiger partial charge < -0.3 is 15.4 Å². The van der Waals surface area contributed by atoms with Gasteiger partial charge in [-0.05, 0) is 12.5 Å². The molecule has 0 aromatic heterocycles. The average Bonchev–Trinajstić information content (AvgIpc) is 2.83. The molecular weight excluding hydrogens is 250 g/mol. The molecule has 19 heavy (non-hydrogen) atoms. The van der Waals surface area contributed by atoms with E-state index in [1.165, 1.54) is 25.3 Å². The third kappa shape index (κ3) is 2.65. The molecule has 1 fully saturated rings. The van der Waals surface area contributed by atoms with E-state index in [1.807, 2.05) is 0 Å². The normalized spacial score (nSPS) is 18.4. The van der Waals surface area contributed by atoms with Gasteiger partial charge in [0, 0.05) is 36.8 Å². The molecule has 2 rings (SSSR count). The van der Waals surface area contributed by atoms with E-state index in [9.17, 15) is 14.9 Å². The Morgan fingerprint density at radius 2 is 2.32 bits per heavy atom. The lowest BCUT2D eigenvalue weighted by Gasteiger charge is -2.16. The molecule has 1 aliphatic heterocycles. The fraction of sp³-hybridized carbons (Fsp3) is 0.417. The van der Waals surface area contributed by atoms with E-state index in [1.54, 1.807) is 4.90 Å². The van der Waals surface area contributed by atoms with Crippen molar-refractivity contribution < 1.29 is 14.5 Å². The maximum atomic E-state index is 12.2. The molecular formula is C12H15N3O4. The number of nitrogens with two attached hydrogens (primary N) is 1. The molecule has 1 aromatic carbocycles. The fourth-order valence-electron chi connectivity index (χ4n) is 2.12. The van der Waals surface area contributed by atoms with E-state index >= 15 is 0 Å². The molecule has 1 amide bonds. The summed E-state index contributed by atoms with van der Waals surface area (Å²) in [6, 6.07) is 4.11. The molecule has 0 aliphatic carbocycles. The lowest BCUT2D eigenvalue weighted by molar-refractivity contribution is -0.385. The molecule has 1 saturated heterocycles. The second-order valence-electron chi connectivity index (χ2n) is 4.44. The lowest BCUT2D eigenvalue weighted by atomic mass is 10.1. The molecule has 1 aromatic rings. The monoisotopic (exact) mass is 265 g/mol. The van der Waals surface area contributed by atoms with Crippen molar-refractivity contribution in [3.63, 3.8) is 0 Å². The van der Waals surface area contributed by atoms with Gasteiger partial charge in [-0.1, -0.05) is 0 Å². The molecule has 1 aliphatic rings. The van der Waals surface area contributed by atoms with E-state index in [0.29, 0.717) is 18.7 Å². The summed E-state index contributed by atoms with van der Waals surface area (Å²) in [5.74, 6) is -0.0968. The third-order valence-electron chi connectivity index (χ3n) is 3.14. The molecule has 7 heteroatoms. The van der Waals surface area contributed by atoms with Crippen LogP contribution in [0.3, 0.4) is 0 Å². The number of nitro groups is 1. The van der Waals surface area contributed by atoms with Gasteiger partial charge in [-0.3, -0.25) is 14.9 Å². The van der Waals surface area contributed by atoms with Crippen LogP contribution in [-0.2, 0) is 0 Å². The maximum absolute atomic E-state index is 12.2. The third-order valence-corrected chi connectivity index (χ3v) is 3.14. The first-order valence-electron chi connectivity index (χ1n) is 5.90. The Balaban J connectivity index is 2.26. The van der Waals surface area contributed by atoms with Gasteiger partial charge in [-0.15, -0.1) is 0 Å². The van der Waals surface area contributed by atoms with Gasteiger partial charge in [0.1, 0.15) is 0 Å². The van der Waals surface area contributed by atoms with E-state index in [0.717, 1.165) is 6.42 Å². The Labute approximate surface area is 110 Å². The van der Waals surface area contributed by atoms with Crippen molar-refractivity contribution in [3.05, 3.63) is 33.9 Å². The number of carbonyl (C=O) groups excluding carboxylic acids is 1. The zero-order valence-electron chi connectivity index (χ0n) is 10.5. The number of rotatable bonds is 3. The van der Waals surface area contributed by atoms with Gasteiger partial charge in [0.05, 0.1) is 12.0 Å². The summed E-state index contributed by atoms with van der Waals surface area (Å²) >= 11 is 0. The number of amides is 1. The summed E-state index contributed by atoms with van der Waals surface area (Å²) in [5, 5.41) is 10.8. The maximum Gasteiger partial charge on any atom is 0.310 e. The summed E-state index contributed by atoms with van der Waals surface area (Å²) < 4.78 is 4.94. The smallest absolute Gasteiger partial charge is 0.310 e. The fourth-order valence-corrected chi connectivity index (χ4v) is 2.12. The highest BCUT2D eigenvalue weighted by Gasteiger charge is 2.26. The number of hydrogen-bond acceptors (Lipinski definition) is 5. The van der Waals surface area contributed by atoms with Crippen LogP contribution in [0.15, 0.2) is 18.2 Å². The minimum atomic E-state index is -0.543. The van der Waals surface area contributed by atoms with Crippen LogP contribution >= 0.6 is 0 Å². The highest BCUT2D eigenvalue weighted by molar-refractivity contribution is 5.95. The van der Waals surface area contributed by atoms with E-state index < -0.39 is 4.92 Å². The highest BCUT2D eigenvalue weighted by atomic mass is 16.6. The number of nitrogens with zero attached hydrogens (tertiary/aromatic N) is 2. The molecule has 0 bridgehead atoms. The van der Waals surface area contributed by atoms with Crippen molar-refractivity contribution in [1.29, 1.82) is 0 Å². The summed E-state index contributed by atoms with van der Waals surface area (Å²) in [6.07, 6.45) is 0.774. The molecule has 0 unspecified atom stereocenters. The first-order valence-corrected chi connectivity index (χ1v) is 5.90. The molecule has 0 radical (unpaired) electrons. The Bertz CT molecular complexity index is 518. The molecule has 7 nitrogen and oxygen atoms in total. The molecule has 1 heterocycles. The number of likely N-dealkylation sites (tertiary alicyclic amines) is 1.